The molecule has 2 nitrogen and oxygen atoms in total. The van der Waals surface area contributed by atoms with E-state index in [0.29, 0.717) is 13.4 Å². The van der Waals surface area contributed by atoms with E-state index in [1.54, 1.807) is 0 Å². The highest BCUT2D eigenvalue weighted by Crippen LogP contribution is 2.38. The monoisotopic (exact) mass is 174 g/mol. The van der Waals surface area contributed by atoms with Crippen LogP contribution in [0.25, 0.3) is 6.08 Å². The fourth-order valence-electron chi connectivity index (χ4n) is 1.95. The van der Waals surface area contributed by atoms with Gasteiger partial charge < -0.3 is 9.47 Å². The second-order valence-corrected chi connectivity index (χ2v) is 3.36. The maximum Gasteiger partial charge on any atom is 0.148 e. The highest BCUT2D eigenvalue weighted by Gasteiger charge is 2.28. The van der Waals surface area contributed by atoms with Crippen LogP contribution in [0.4, 0.5) is 0 Å². The molecular weight excluding hydrogens is 164 g/mol. The van der Waals surface area contributed by atoms with E-state index in [9.17, 15) is 0 Å². The second-order valence-electron chi connectivity index (χ2n) is 3.36. The molecule has 1 unspecified atom stereocenters. The Hall–Kier alpha value is -1.12. The molecular formula is C11H10O2. The molecule has 1 atom stereocenters. The van der Waals surface area contributed by atoms with Gasteiger partial charge in [0, 0.05) is 0 Å². The van der Waals surface area contributed by atoms with Crippen molar-refractivity contribution in [2.24, 2.45) is 0 Å². The molecule has 1 fully saturated rings. The Morgan fingerprint density at radius 3 is 3.15 bits per heavy atom. The third kappa shape index (κ3) is 1.03. The van der Waals surface area contributed by atoms with Crippen molar-refractivity contribution in [1.82, 2.24) is 0 Å². The normalized spacial score (nSPS) is 24.9. The molecule has 1 heterocycles. The Morgan fingerprint density at radius 2 is 2.15 bits per heavy atom. The molecule has 3 rings (SSSR count). The van der Waals surface area contributed by atoms with Gasteiger partial charge in [0.2, 0.25) is 0 Å². The molecule has 0 radical (unpaired) electrons. The van der Waals surface area contributed by atoms with Crippen molar-refractivity contribution in [2.75, 3.05) is 13.4 Å². The highest BCUT2D eigenvalue weighted by molar-refractivity contribution is 5.65. The quantitative estimate of drug-likeness (QED) is 0.599. The summed E-state index contributed by atoms with van der Waals surface area (Å²) in [6.45, 7) is 1.12. The molecule has 0 saturated carbocycles. The third-order valence-corrected chi connectivity index (χ3v) is 2.54. The number of rotatable bonds is 0. The number of benzene rings is 1. The summed E-state index contributed by atoms with van der Waals surface area (Å²) in [4.78, 5) is 0. The van der Waals surface area contributed by atoms with Crippen molar-refractivity contribution in [3.8, 4) is 0 Å². The van der Waals surface area contributed by atoms with Crippen LogP contribution in [0.3, 0.4) is 0 Å². The Kier molecular flexibility index (Phi) is 1.51. The summed E-state index contributed by atoms with van der Waals surface area (Å²) in [5.41, 5.74) is 3.79. The van der Waals surface area contributed by atoms with Crippen LogP contribution in [0.1, 0.15) is 17.2 Å². The first-order valence-electron chi connectivity index (χ1n) is 4.44. The number of fused-ring (bicyclic) bond motifs is 3. The SMILES string of the molecule is C1=C2COCOC2c2ccccc21. The van der Waals surface area contributed by atoms with Crippen LogP contribution in [-0.4, -0.2) is 13.4 Å². The maximum absolute atomic E-state index is 5.54. The van der Waals surface area contributed by atoms with E-state index in [-0.39, 0.29) is 6.10 Å². The minimum Gasteiger partial charge on any atom is -0.351 e. The van der Waals surface area contributed by atoms with Gasteiger partial charge >= 0.3 is 0 Å². The molecule has 0 amide bonds. The van der Waals surface area contributed by atoms with Crippen molar-refractivity contribution < 1.29 is 9.47 Å². The van der Waals surface area contributed by atoms with Gasteiger partial charge in [-0.1, -0.05) is 30.3 Å². The number of ether oxygens (including phenoxy) is 2. The molecule has 66 valence electrons. The number of hydrogen-bond acceptors (Lipinski definition) is 2. The van der Waals surface area contributed by atoms with Crippen LogP contribution in [-0.2, 0) is 9.47 Å². The van der Waals surface area contributed by atoms with Crippen molar-refractivity contribution >= 4 is 6.08 Å². The molecule has 1 aromatic carbocycles. The van der Waals surface area contributed by atoms with E-state index in [2.05, 4.69) is 24.3 Å². The molecule has 0 aromatic heterocycles. The van der Waals surface area contributed by atoms with E-state index in [4.69, 9.17) is 9.47 Å². The van der Waals surface area contributed by atoms with Gasteiger partial charge in [-0.25, -0.2) is 0 Å². The van der Waals surface area contributed by atoms with Crippen LogP contribution in [0, 0.1) is 0 Å². The Bertz CT molecular complexity index is 368. The zero-order chi connectivity index (χ0) is 8.67. The molecule has 0 N–H and O–H groups in total. The van der Waals surface area contributed by atoms with E-state index >= 15 is 0 Å². The molecule has 2 heteroatoms. The first-order valence-corrected chi connectivity index (χ1v) is 4.44. The van der Waals surface area contributed by atoms with E-state index in [1.165, 1.54) is 16.7 Å². The summed E-state index contributed by atoms with van der Waals surface area (Å²) in [7, 11) is 0. The third-order valence-electron chi connectivity index (χ3n) is 2.54. The average Bonchev–Trinajstić information content (AvgIpc) is 2.56. The standard InChI is InChI=1S/C11H10O2/c1-2-4-10-8(3-1)5-9-6-12-7-13-11(9)10/h1-5,11H,6-7H2. The summed E-state index contributed by atoms with van der Waals surface area (Å²) in [6.07, 6.45) is 2.32. The molecule has 1 aliphatic heterocycles. The molecule has 1 aromatic rings. The number of hydrogen-bond donors (Lipinski definition) is 0. The lowest BCUT2D eigenvalue weighted by molar-refractivity contribution is -0.107. The molecule has 0 spiro atoms. The average molecular weight is 174 g/mol. The fraction of sp³-hybridized carbons (Fsp3) is 0.273. The summed E-state index contributed by atoms with van der Waals surface area (Å²) >= 11 is 0. The van der Waals surface area contributed by atoms with Crippen LogP contribution >= 0.6 is 0 Å². The maximum atomic E-state index is 5.54. The molecule has 13 heavy (non-hydrogen) atoms. The first-order chi connectivity index (χ1) is 6.45. The highest BCUT2D eigenvalue weighted by atomic mass is 16.7. The topological polar surface area (TPSA) is 18.5 Å². The van der Waals surface area contributed by atoms with Crippen molar-refractivity contribution in [2.45, 2.75) is 6.10 Å². The first kappa shape index (κ1) is 7.30. The van der Waals surface area contributed by atoms with Crippen LogP contribution in [0.15, 0.2) is 29.8 Å². The Labute approximate surface area is 76.8 Å². The van der Waals surface area contributed by atoms with Gasteiger partial charge in [-0.15, -0.1) is 0 Å². The minimum atomic E-state index is 0.157. The summed E-state index contributed by atoms with van der Waals surface area (Å²) in [5, 5.41) is 0. The fourth-order valence-corrected chi connectivity index (χ4v) is 1.95. The van der Waals surface area contributed by atoms with Gasteiger partial charge in [0.25, 0.3) is 0 Å². The van der Waals surface area contributed by atoms with E-state index in [1.807, 2.05) is 6.07 Å². The second kappa shape index (κ2) is 2.69. The van der Waals surface area contributed by atoms with Crippen molar-refractivity contribution in [3.63, 3.8) is 0 Å². The lowest BCUT2D eigenvalue weighted by Gasteiger charge is -2.22. The summed E-state index contributed by atoms with van der Waals surface area (Å²) in [5.74, 6) is 0. The van der Waals surface area contributed by atoms with Gasteiger partial charge in [0.05, 0.1) is 6.61 Å². The summed E-state index contributed by atoms with van der Waals surface area (Å²) in [6, 6.07) is 8.33. The molecule has 1 aliphatic carbocycles. The molecule has 1 saturated heterocycles. The predicted molar refractivity (Wildman–Crippen MR) is 49.1 cm³/mol. The minimum absolute atomic E-state index is 0.157. The molecule has 0 bridgehead atoms. The van der Waals surface area contributed by atoms with E-state index < -0.39 is 0 Å². The van der Waals surface area contributed by atoms with Gasteiger partial charge in [0.15, 0.2) is 0 Å². The van der Waals surface area contributed by atoms with E-state index in [0.717, 1.165) is 0 Å². The zero-order valence-corrected chi connectivity index (χ0v) is 7.19. The van der Waals surface area contributed by atoms with Gasteiger partial charge in [-0.3, -0.25) is 0 Å². The molecule has 2 aliphatic rings. The van der Waals surface area contributed by atoms with Crippen LogP contribution in [0.5, 0.6) is 0 Å². The lowest BCUT2D eigenvalue weighted by Crippen LogP contribution is -2.17. The van der Waals surface area contributed by atoms with Gasteiger partial charge in [-0.2, -0.15) is 0 Å². The van der Waals surface area contributed by atoms with Crippen LogP contribution in [0.2, 0.25) is 0 Å². The van der Waals surface area contributed by atoms with Crippen molar-refractivity contribution in [1.29, 1.82) is 0 Å². The largest absolute Gasteiger partial charge is 0.351 e. The van der Waals surface area contributed by atoms with Gasteiger partial charge in [-0.05, 0) is 16.7 Å². The summed E-state index contributed by atoms with van der Waals surface area (Å²) < 4.78 is 10.8. The predicted octanol–water partition coefficient (Wildman–Crippen LogP) is 2.13. The zero-order valence-electron chi connectivity index (χ0n) is 7.19. The lowest BCUT2D eigenvalue weighted by atomic mass is 10.1. The van der Waals surface area contributed by atoms with Crippen molar-refractivity contribution in [3.05, 3.63) is 41.0 Å². The van der Waals surface area contributed by atoms with Gasteiger partial charge in [0.1, 0.15) is 12.9 Å². The Morgan fingerprint density at radius 1 is 1.23 bits per heavy atom. The Balaban J connectivity index is 2.09. The smallest absolute Gasteiger partial charge is 0.148 e. The van der Waals surface area contributed by atoms with Crippen LogP contribution < -0.4 is 0 Å².